The van der Waals surface area contributed by atoms with E-state index in [1.165, 1.54) is 0 Å². The Hall–Kier alpha value is -0.120. The number of hydrogen-bond acceptors (Lipinski definition) is 3. The molecule has 0 aliphatic carbocycles. The van der Waals surface area contributed by atoms with Crippen LogP contribution in [0.3, 0.4) is 0 Å². The van der Waals surface area contributed by atoms with Gasteiger partial charge in [0.05, 0.1) is 13.2 Å². The van der Waals surface area contributed by atoms with Crippen LogP contribution in [0.25, 0.3) is 0 Å². The second kappa shape index (κ2) is 6.88. The molecule has 3 nitrogen and oxygen atoms in total. The SMILES string of the molecule is C1CO1.NCCCN. The third kappa shape index (κ3) is 16.9. The van der Waals surface area contributed by atoms with Gasteiger partial charge in [-0.3, -0.25) is 0 Å². The largest absolute Gasteiger partial charge is 0.377 e. The highest BCUT2D eigenvalue weighted by atomic mass is 16.6. The third-order valence-electron chi connectivity index (χ3n) is 0.612. The van der Waals surface area contributed by atoms with Crippen LogP contribution in [0, 0.1) is 0 Å². The molecule has 50 valence electrons. The molecule has 0 atom stereocenters. The molecule has 0 amide bonds. The van der Waals surface area contributed by atoms with Crippen molar-refractivity contribution in [1.82, 2.24) is 0 Å². The molecule has 1 fully saturated rings. The van der Waals surface area contributed by atoms with Crippen molar-refractivity contribution in [1.29, 1.82) is 0 Å². The lowest BCUT2D eigenvalue weighted by Gasteiger charge is -1.81. The van der Waals surface area contributed by atoms with E-state index in [-0.39, 0.29) is 0 Å². The van der Waals surface area contributed by atoms with Gasteiger partial charge in [-0.1, -0.05) is 0 Å². The van der Waals surface area contributed by atoms with Crippen molar-refractivity contribution < 1.29 is 4.74 Å². The van der Waals surface area contributed by atoms with Gasteiger partial charge in [0.2, 0.25) is 0 Å². The Labute approximate surface area is 50.0 Å². The van der Waals surface area contributed by atoms with Crippen molar-refractivity contribution >= 4 is 0 Å². The summed E-state index contributed by atoms with van der Waals surface area (Å²) in [5, 5.41) is 0. The summed E-state index contributed by atoms with van der Waals surface area (Å²) in [4.78, 5) is 0. The Balaban J connectivity index is 0.000000135. The molecule has 1 saturated heterocycles. The Morgan fingerprint density at radius 2 is 1.50 bits per heavy atom. The summed E-state index contributed by atoms with van der Waals surface area (Å²) in [5.74, 6) is 0. The highest BCUT2D eigenvalue weighted by Crippen LogP contribution is 1.84. The van der Waals surface area contributed by atoms with E-state index in [2.05, 4.69) is 4.74 Å². The molecule has 1 aliphatic heterocycles. The van der Waals surface area contributed by atoms with Gasteiger partial charge < -0.3 is 16.2 Å². The fraction of sp³-hybridized carbons (Fsp3) is 1.00. The van der Waals surface area contributed by atoms with E-state index in [9.17, 15) is 0 Å². The fourth-order valence-electron chi connectivity index (χ4n) is 0.118. The molecule has 0 spiro atoms. The molecule has 0 unspecified atom stereocenters. The van der Waals surface area contributed by atoms with Crippen LogP contribution >= 0.6 is 0 Å². The average Bonchev–Trinajstić information content (AvgIpc) is 2.50. The van der Waals surface area contributed by atoms with Crippen molar-refractivity contribution in [3.05, 3.63) is 0 Å². The summed E-state index contributed by atoms with van der Waals surface area (Å²) in [7, 11) is 0. The van der Waals surface area contributed by atoms with E-state index in [1.807, 2.05) is 0 Å². The molecule has 3 heteroatoms. The van der Waals surface area contributed by atoms with Crippen molar-refractivity contribution in [2.75, 3.05) is 26.3 Å². The second-order valence-electron chi connectivity index (χ2n) is 1.54. The van der Waals surface area contributed by atoms with Gasteiger partial charge in [0.15, 0.2) is 0 Å². The van der Waals surface area contributed by atoms with Gasteiger partial charge in [0.1, 0.15) is 0 Å². The zero-order valence-corrected chi connectivity index (χ0v) is 5.10. The topological polar surface area (TPSA) is 64.6 Å². The van der Waals surface area contributed by atoms with Gasteiger partial charge in [0, 0.05) is 0 Å². The lowest BCUT2D eigenvalue weighted by Crippen LogP contribution is -2.06. The minimum Gasteiger partial charge on any atom is -0.377 e. The van der Waals surface area contributed by atoms with Gasteiger partial charge in [-0.2, -0.15) is 0 Å². The molecular formula is C5H14N2O. The first-order valence-corrected chi connectivity index (χ1v) is 2.89. The molecule has 0 bridgehead atoms. The average molecular weight is 118 g/mol. The van der Waals surface area contributed by atoms with Crippen molar-refractivity contribution in [3.8, 4) is 0 Å². The number of hydrogen-bond donors (Lipinski definition) is 2. The molecule has 0 aromatic rings. The smallest absolute Gasteiger partial charge is 0.0701 e. The molecule has 0 saturated carbocycles. The quantitative estimate of drug-likeness (QED) is 0.472. The van der Waals surface area contributed by atoms with Crippen LogP contribution in [0.15, 0.2) is 0 Å². The van der Waals surface area contributed by atoms with Crippen LogP contribution in [0.4, 0.5) is 0 Å². The summed E-state index contributed by atoms with van der Waals surface area (Å²) in [6.45, 7) is 3.44. The Morgan fingerprint density at radius 3 is 1.50 bits per heavy atom. The van der Waals surface area contributed by atoms with Gasteiger partial charge in [-0.05, 0) is 19.5 Å². The highest BCUT2D eigenvalue weighted by molar-refractivity contribution is 4.36. The lowest BCUT2D eigenvalue weighted by molar-refractivity contribution is 0.475. The predicted octanol–water partition coefficient (Wildman–Crippen LogP) is -0.689. The highest BCUT2D eigenvalue weighted by Gasteiger charge is 1.94. The fourth-order valence-corrected chi connectivity index (χ4v) is 0.118. The van der Waals surface area contributed by atoms with E-state index in [0.29, 0.717) is 0 Å². The Bertz CT molecular complexity index is 34.7. The first-order valence-electron chi connectivity index (χ1n) is 2.89. The summed E-state index contributed by atoms with van der Waals surface area (Å²) in [6, 6.07) is 0. The summed E-state index contributed by atoms with van der Waals surface area (Å²) < 4.78 is 4.50. The number of epoxide rings is 1. The zero-order valence-electron chi connectivity index (χ0n) is 5.10. The van der Waals surface area contributed by atoms with Crippen LogP contribution in [0.5, 0.6) is 0 Å². The molecular weight excluding hydrogens is 104 g/mol. The zero-order chi connectivity index (χ0) is 6.24. The molecule has 1 rings (SSSR count). The molecule has 0 aromatic heterocycles. The maximum Gasteiger partial charge on any atom is 0.0701 e. The first kappa shape index (κ1) is 7.88. The van der Waals surface area contributed by atoms with Gasteiger partial charge >= 0.3 is 0 Å². The summed E-state index contributed by atoms with van der Waals surface area (Å²) in [5.41, 5.74) is 10.1. The van der Waals surface area contributed by atoms with Crippen LogP contribution in [0.1, 0.15) is 6.42 Å². The summed E-state index contributed by atoms with van der Waals surface area (Å²) in [6.07, 6.45) is 0.944. The van der Waals surface area contributed by atoms with Crippen molar-refractivity contribution in [3.63, 3.8) is 0 Å². The minimum atomic E-state index is 0.719. The molecule has 8 heavy (non-hydrogen) atoms. The van der Waals surface area contributed by atoms with E-state index < -0.39 is 0 Å². The van der Waals surface area contributed by atoms with Crippen LogP contribution < -0.4 is 11.5 Å². The van der Waals surface area contributed by atoms with Gasteiger partial charge in [-0.15, -0.1) is 0 Å². The van der Waals surface area contributed by atoms with E-state index in [4.69, 9.17) is 11.5 Å². The monoisotopic (exact) mass is 118 g/mol. The molecule has 1 aliphatic rings. The van der Waals surface area contributed by atoms with Crippen LogP contribution in [-0.2, 0) is 4.74 Å². The summed E-state index contributed by atoms with van der Waals surface area (Å²) >= 11 is 0. The maximum atomic E-state index is 5.06. The second-order valence-corrected chi connectivity index (χ2v) is 1.54. The van der Waals surface area contributed by atoms with Crippen molar-refractivity contribution in [2.45, 2.75) is 6.42 Å². The predicted molar refractivity (Wildman–Crippen MR) is 33.5 cm³/mol. The minimum absolute atomic E-state index is 0.719. The Morgan fingerprint density at radius 1 is 1.12 bits per heavy atom. The molecule has 0 radical (unpaired) electrons. The van der Waals surface area contributed by atoms with Gasteiger partial charge in [-0.25, -0.2) is 0 Å². The molecule has 0 aromatic carbocycles. The first-order chi connectivity index (χ1) is 3.91. The van der Waals surface area contributed by atoms with Crippen molar-refractivity contribution in [2.24, 2.45) is 11.5 Å². The van der Waals surface area contributed by atoms with E-state index in [1.54, 1.807) is 0 Å². The standard InChI is InChI=1S/C3H10N2.C2H4O/c4-2-1-3-5;1-2-3-1/h1-5H2;1-2H2. The normalized spacial score (nSPS) is 14.2. The third-order valence-corrected chi connectivity index (χ3v) is 0.612. The van der Waals surface area contributed by atoms with Crippen LogP contribution in [-0.4, -0.2) is 26.3 Å². The Kier molecular flexibility index (Phi) is 6.78. The number of rotatable bonds is 2. The number of ether oxygens (including phenoxy) is 1. The lowest BCUT2D eigenvalue weighted by atomic mass is 10.4. The number of nitrogens with two attached hydrogens (primary N) is 2. The van der Waals surface area contributed by atoms with Crippen LogP contribution in [0.2, 0.25) is 0 Å². The molecule has 1 heterocycles. The van der Waals surface area contributed by atoms with Gasteiger partial charge in [0.25, 0.3) is 0 Å². The molecule has 4 N–H and O–H groups in total. The van der Waals surface area contributed by atoms with E-state index in [0.717, 1.165) is 32.7 Å². The maximum absolute atomic E-state index is 5.06. The van der Waals surface area contributed by atoms with E-state index >= 15 is 0 Å².